The number of benzene rings is 1. The van der Waals surface area contributed by atoms with Gasteiger partial charge in [0.2, 0.25) is 5.91 Å². The fourth-order valence-corrected chi connectivity index (χ4v) is 2.78. The zero-order chi connectivity index (χ0) is 13.4. The molecule has 1 aliphatic carbocycles. The number of carbonyl (C=O) groups excluding carboxylic acids is 1. The smallest absolute Gasteiger partial charge is 0.227 e. The summed E-state index contributed by atoms with van der Waals surface area (Å²) in [4.78, 5) is 14.2. The normalized spacial score (nSPS) is 18.7. The highest BCUT2D eigenvalue weighted by atomic mass is 16.2. The second-order valence-electron chi connectivity index (χ2n) is 6.31. The van der Waals surface area contributed by atoms with E-state index in [9.17, 15) is 4.79 Å². The van der Waals surface area contributed by atoms with Gasteiger partial charge in [0.05, 0.1) is 0 Å². The van der Waals surface area contributed by atoms with Crippen molar-refractivity contribution in [2.75, 3.05) is 11.9 Å². The van der Waals surface area contributed by atoms with Crippen LogP contribution in [0.5, 0.6) is 0 Å². The summed E-state index contributed by atoms with van der Waals surface area (Å²) in [5, 5.41) is 3.03. The van der Waals surface area contributed by atoms with Gasteiger partial charge in [-0.1, -0.05) is 19.9 Å². The molecule has 19 heavy (non-hydrogen) atoms. The Morgan fingerprint density at radius 2 is 2.05 bits per heavy atom. The molecule has 0 unspecified atom stereocenters. The third-order valence-electron chi connectivity index (χ3n) is 3.83. The van der Waals surface area contributed by atoms with Crippen molar-refractivity contribution in [3.05, 3.63) is 29.3 Å². The summed E-state index contributed by atoms with van der Waals surface area (Å²) < 4.78 is 0. The van der Waals surface area contributed by atoms with Crippen LogP contribution in [0.3, 0.4) is 0 Å². The van der Waals surface area contributed by atoms with Gasteiger partial charge in [0.25, 0.3) is 0 Å². The van der Waals surface area contributed by atoms with E-state index in [1.54, 1.807) is 0 Å². The molecule has 0 spiro atoms. The zero-order valence-corrected chi connectivity index (χ0v) is 11.8. The van der Waals surface area contributed by atoms with Gasteiger partial charge in [0.15, 0.2) is 0 Å². The van der Waals surface area contributed by atoms with Crippen molar-refractivity contribution in [2.24, 2.45) is 11.8 Å². The van der Waals surface area contributed by atoms with Crippen molar-refractivity contribution in [1.82, 2.24) is 4.90 Å². The number of carbonyl (C=O) groups is 1. The van der Waals surface area contributed by atoms with Crippen LogP contribution in [0.15, 0.2) is 18.2 Å². The maximum atomic E-state index is 11.8. The van der Waals surface area contributed by atoms with Gasteiger partial charge in [0.1, 0.15) is 0 Å². The van der Waals surface area contributed by atoms with Crippen LogP contribution in [0, 0.1) is 11.8 Å². The van der Waals surface area contributed by atoms with Crippen LogP contribution in [0.2, 0.25) is 0 Å². The average molecular weight is 258 g/mol. The molecule has 0 atom stereocenters. The molecule has 1 aromatic carbocycles. The standard InChI is InChI=1S/C16H22N2O/c1-11(2)8-18-9-13-5-6-15(7-14(13)10-18)17-16(19)12-3-4-12/h5-7,11-12H,3-4,8-10H2,1-2H3,(H,17,19). The molecule has 1 amide bonds. The summed E-state index contributed by atoms with van der Waals surface area (Å²) in [6, 6.07) is 6.35. The molecule has 0 saturated heterocycles. The molecule has 2 aliphatic rings. The van der Waals surface area contributed by atoms with Crippen LogP contribution in [-0.4, -0.2) is 17.4 Å². The van der Waals surface area contributed by atoms with Crippen LogP contribution < -0.4 is 5.32 Å². The van der Waals surface area contributed by atoms with Gasteiger partial charge in [-0.05, 0) is 42.0 Å². The molecule has 1 fully saturated rings. The summed E-state index contributed by atoms with van der Waals surface area (Å²) >= 11 is 0. The number of nitrogens with zero attached hydrogens (tertiary/aromatic N) is 1. The van der Waals surface area contributed by atoms with E-state index in [0.29, 0.717) is 5.92 Å². The van der Waals surface area contributed by atoms with Crippen LogP contribution in [-0.2, 0) is 17.9 Å². The highest BCUT2D eigenvalue weighted by Gasteiger charge is 2.29. The van der Waals surface area contributed by atoms with Crippen molar-refractivity contribution in [1.29, 1.82) is 0 Å². The van der Waals surface area contributed by atoms with Crippen LogP contribution in [0.1, 0.15) is 37.8 Å². The summed E-state index contributed by atoms with van der Waals surface area (Å²) in [6.07, 6.45) is 2.11. The molecule has 102 valence electrons. The summed E-state index contributed by atoms with van der Waals surface area (Å²) in [5.41, 5.74) is 3.74. The Bertz CT molecular complexity index is 492. The summed E-state index contributed by atoms with van der Waals surface area (Å²) in [5.74, 6) is 1.16. The zero-order valence-electron chi connectivity index (χ0n) is 11.8. The SMILES string of the molecule is CC(C)CN1Cc2ccc(NC(=O)C3CC3)cc2C1. The van der Waals surface area contributed by atoms with Crippen molar-refractivity contribution in [3.8, 4) is 0 Å². The molecule has 3 heteroatoms. The first-order chi connectivity index (χ1) is 9.11. The Balaban J connectivity index is 1.66. The molecule has 0 radical (unpaired) electrons. The van der Waals surface area contributed by atoms with E-state index in [2.05, 4.69) is 36.2 Å². The number of nitrogens with one attached hydrogen (secondary N) is 1. The van der Waals surface area contributed by atoms with Gasteiger partial charge in [-0.25, -0.2) is 0 Å². The van der Waals surface area contributed by atoms with E-state index < -0.39 is 0 Å². The molecule has 0 aromatic heterocycles. The van der Waals surface area contributed by atoms with Gasteiger partial charge in [-0.2, -0.15) is 0 Å². The molecule has 1 heterocycles. The predicted octanol–water partition coefficient (Wildman–Crippen LogP) is 3.01. The minimum atomic E-state index is 0.192. The molecule has 1 saturated carbocycles. The lowest BCUT2D eigenvalue weighted by Gasteiger charge is -2.16. The number of hydrogen-bond donors (Lipinski definition) is 1. The lowest BCUT2D eigenvalue weighted by Crippen LogP contribution is -2.21. The minimum absolute atomic E-state index is 0.192. The molecule has 3 rings (SSSR count). The Morgan fingerprint density at radius 1 is 1.32 bits per heavy atom. The molecule has 1 aromatic rings. The summed E-state index contributed by atoms with van der Waals surface area (Å²) in [7, 11) is 0. The van der Waals surface area contributed by atoms with Crippen molar-refractivity contribution in [3.63, 3.8) is 0 Å². The minimum Gasteiger partial charge on any atom is -0.326 e. The third kappa shape index (κ3) is 2.98. The second kappa shape index (κ2) is 4.97. The van der Waals surface area contributed by atoms with E-state index in [-0.39, 0.29) is 11.8 Å². The molecule has 0 bridgehead atoms. The highest BCUT2D eigenvalue weighted by molar-refractivity contribution is 5.94. The fraction of sp³-hybridized carbons (Fsp3) is 0.562. The average Bonchev–Trinajstić information content (AvgIpc) is 3.10. The lowest BCUT2D eigenvalue weighted by molar-refractivity contribution is -0.117. The molecular weight excluding hydrogens is 236 g/mol. The quantitative estimate of drug-likeness (QED) is 0.900. The fourth-order valence-electron chi connectivity index (χ4n) is 2.78. The van der Waals surface area contributed by atoms with E-state index in [1.165, 1.54) is 11.1 Å². The Kier molecular flexibility index (Phi) is 3.31. The first-order valence-electron chi connectivity index (χ1n) is 7.27. The first kappa shape index (κ1) is 12.7. The van der Waals surface area contributed by atoms with Gasteiger partial charge in [-0.3, -0.25) is 9.69 Å². The monoisotopic (exact) mass is 258 g/mol. The summed E-state index contributed by atoms with van der Waals surface area (Å²) in [6.45, 7) is 7.71. The molecular formula is C16H22N2O. The number of fused-ring (bicyclic) bond motifs is 1. The van der Waals surface area contributed by atoms with E-state index >= 15 is 0 Å². The molecule has 1 aliphatic heterocycles. The van der Waals surface area contributed by atoms with Gasteiger partial charge in [-0.15, -0.1) is 0 Å². The van der Waals surface area contributed by atoms with Crippen molar-refractivity contribution in [2.45, 2.75) is 39.8 Å². The topological polar surface area (TPSA) is 32.3 Å². The van der Waals surface area contributed by atoms with E-state index in [1.807, 2.05) is 6.07 Å². The van der Waals surface area contributed by atoms with Crippen LogP contribution in [0.4, 0.5) is 5.69 Å². The Morgan fingerprint density at radius 3 is 2.74 bits per heavy atom. The third-order valence-corrected chi connectivity index (χ3v) is 3.83. The molecule has 1 N–H and O–H groups in total. The largest absolute Gasteiger partial charge is 0.326 e. The maximum Gasteiger partial charge on any atom is 0.227 e. The van der Waals surface area contributed by atoms with E-state index in [4.69, 9.17) is 0 Å². The van der Waals surface area contributed by atoms with Crippen molar-refractivity contribution < 1.29 is 4.79 Å². The highest BCUT2D eigenvalue weighted by Crippen LogP contribution is 2.31. The number of amides is 1. The number of hydrogen-bond acceptors (Lipinski definition) is 2. The first-order valence-corrected chi connectivity index (χ1v) is 7.27. The second-order valence-corrected chi connectivity index (χ2v) is 6.31. The Hall–Kier alpha value is -1.35. The van der Waals surface area contributed by atoms with E-state index in [0.717, 1.165) is 38.2 Å². The number of anilines is 1. The lowest BCUT2D eigenvalue weighted by atomic mass is 10.1. The Labute approximate surface area is 115 Å². The van der Waals surface area contributed by atoms with Gasteiger partial charge >= 0.3 is 0 Å². The number of rotatable bonds is 4. The molecule has 3 nitrogen and oxygen atoms in total. The van der Waals surface area contributed by atoms with Crippen LogP contribution in [0.25, 0.3) is 0 Å². The van der Waals surface area contributed by atoms with Gasteiger partial charge in [0, 0.05) is 31.2 Å². The van der Waals surface area contributed by atoms with Crippen molar-refractivity contribution >= 4 is 11.6 Å². The van der Waals surface area contributed by atoms with Gasteiger partial charge < -0.3 is 5.32 Å². The van der Waals surface area contributed by atoms with Crippen LogP contribution >= 0.6 is 0 Å². The maximum absolute atomic E-state index is 11.8. The predicted molar refractivity (Wildman–Crippen MR) is 76.7 cm³/mol.